The number of aromatic nitrogens is 6. The molecule has 0 spiro atoms. The second-order valence-corrected chi connectivity index (χ2v) is 29.2. The van der Waals surface area contributed by atoms with Crippen LogP contribution in [0.2, 0.25) is 0 Å². The minimum Gasteiger partial charge on any atom is -0.393 e. The molecule has 7 aromatic carbocycles. The van der Waals surface area contributed by atoms with Gasteiger partial charge < -0.3 is 30.6 Å². The second-order valence-electron chi connectivity index (χ2n) is 29.2. The van der Waals surface area contributed by atoms with Crippen molar-refractivity contribution in [2.75, 3.05) is 0 Å². The van der Waals surface area contributed by atoms with Crippen molar-refractivity contribution >= 4 is 0 Å². The van der Waals surface area contributed by atoms with Crippen molar-refractivity contribution < 1.29 is 91.0 Å². The van der Waals surface area contributed by atoms with Crippen LogP contribution in [0.5, 0.6) is 0 Å². The molecule has 0 saturated heterocycles. The maximum atomic E-state index is 9.39. The van der Waals surface area contributed by atoms with Gasteiger partial charge in [-0.2, -0.15) is 0 Å². The van der Waals surface area contributed by atoms with Gasteiger partial charge in [-0.1, -0.05) is 186 Å². The Morgan fingerprint density at radius 3 is 1.02 bits per heavy atom. The average Bonchev–Trinajstić information content (AvgIpc) is 0.784. The molecular weight excluding hydrogens is 1840 g/mol. The van der Waals surface area contributed by atoms with E-state index in [1.165, 1.54) is 55.6 Å². The Morgan fingerprint density at radius 1 is 0.295 bits per heavy atom. The average molecular weight is 1950 g/mol. The molecule has 6 unspecified atom stereocenters. The predicted molar refractivity (Wildman–Crippen MR) is 423 cm³/mol. The molecule has 0 aliphatic heterocycles. The van der Waals surface area contributed by atoms with E-state index >= 15 is 0 Å². The topological polar surface area (TPSA) is 199 Å². The Bertz CT molecular complexity index is 3960. The molecule has 10 aromatic rings. The zero-order valence-electron chi connectivity index (χ0n) is 66.1. The van der Waals surface area contributed by atoms with Crippen LogP contribution in [0.3, 0.4) is 0 Å². The van der Waals surface area contributed by atoms with Crippen molar-refractivity contribution in [2.24, 2.45) is 23.7 Å². The fourth-order valence-electron chi connectivity index (χ4n) is 11.9. The van der Waals surface area contributed by atoms with Crippen molar-refractivity contribution in [2.45, 2.75) is 215 Å². The number of hydrogen-bond donors (Lipinski definition) is 6. The molecular formula is C90H115Ir3N6O6-3. The summed E-state index contributed by atoms with van der Waals surface area (Å²) in [6.45, 7) is 46.3. The van der Waals surface area contributed by atoms with Crippen LogP contribution in [0.1, 0.15) is 161 Å². The van der Waals surface area contributed by atoms with Gasteiger partial charge in [-0.3, -0.25) is 15.0 Å². The van der Waals surface area contributed by atoms with E-state index in [0.29, 0.717) is 19.3 Å². The minimum atomic E-state index is -0.375. The summed E-state index contributed by atoms with van der Waals surface area (Å²) in [4.78, 5) is 27.4. The van der Waals surface area contributed by atoms with Crippen LogP contribution in [0.25, 0.3) is 78.7 Å². The Balaban J connectivity index is 0.000000449. The van der Waals surface area contributed by atoms with E-state index in [4.69, 9.17) is 20.2 Å². The van der Waals surface area contributed by atoms with Crippen LogP contribution in [0.15, 0.2) is 146 Å². The van der Waals surface area contributed by atoms with Crippen molar-refractivity contribution in [1.82, 2.24) is 29.9 Å². The molecule has 105 heavy (non-hydrogen) atoms. The zero-order valence-corrected chi connectivity index (χ0v) is 73.3. The van der Waals surface area contributed by atoms with Crippen LogP contribution in [0, 0.1) is 132 Å². The van der Waals surface area contributed by atoms with Crippen molar-refractivity contribution in [1.29, 1.82) is 0 Å². The van der Waals surface area contributed by atoms with E-state index < -0.39 is 0 Å². The second kappa shape index (κ2) is 46.0. The molecule has 3 aromatic heterocycles. The molecule has 0 aliphatic rings. The number of aliphatic hydroxyl groups is 6. The van der Waals surface area contributed by atoms with Gasteiger partial charge in [-0.25, -0.2) is 15.0 Å². The number of nitrogens with zero attached hydrogens (tertiary/aromatic N) is 6. The van der Waals surface area contributed by atoms with Gasteiger partial charge in [0, 0.05) is 77.0 Å². The first-order valence-corrected chi connectivity index (χ1v) is 35.9. The third kappa shape index (κ3) is 30.9. The number of aryl methyl sites for hydroxylation is 12. The molecule has 12 nitrogen and oxygen atoms in total. The molecule has 0 saturated carbocycles. The monoisotopic (exact) mass is 1950 g/mol. The minimum absolute atomic E-state index is 0. The third-order valence-corrected chi connectivity index (χ3v) is 17.3. The molecule has 0 fully saturated rings. The standard InChI is InChI=1S/C26H23N2.C21H21N2.C20H19N2.2C9H20O2.C5H12O2.3Ir/c1-17-10-18(2)13-22(12-17)25-24(21-8-6-5-7-9-21)26(28-16-27-25)23-14-19(3)11-20(4)15-23;1-13-6-14(2)9-18(8-13)20-17(5)21(23-12-22-20)19-10-15(3)7-16(4)11-19;1-13-8-14(2)10-17(9-13)18-11-19(22-12-21-18)20-15(3)6-5-7-16(20)4;2*1-6(2)8(10)5-9(11)7(3)4;1-4(6)3-5(2)7;;;/h5-14,16H,1-4H3;6-10,12H,1-5H3;5-9,11-12H,1-4H3;2*6-11H,5H2,1-4H3;4-7H,3H2,1-2H3;;;/q3*-1;;;;;;. The molecule has 15 heteroatoms. The summed E-state index contributed by atoms with van der Waals surface area (Å²) >= 11 is 0. The van der Waals surface area contributed by atoms with Gasteiger partial charge >= 0.3 is 0 Å². The van der Waals surface area contributed by atoms with Crippen molar-refractivity contribution in [3.05, 3.63) is 237 Å². The van der Waals surface area contributed by atoms with E-state index in [1.54, 1.807) is 32.8 Å². The van der Waals surface area contributed by atoms with Gasteiger partial charge in [0.2, 0.25) is 0 Å². The van der Waals surface area contributed by atoms with Gasteiger partial charge in [-0.05, 0) is 174 Å². The molecule has 3 radical (unpaired) electrons. The Morgan fingerprint density at radius 2 is 0.629 bits per heavy atom. The molecule has 10 rings (SSSR count). The van der Waals surface area contributed by atoms with E-state index in [1.807, 2.05) is 61.5 Å². The van der Waals surface area contributed by atoms with Crippen molar-refractivity contribution in [3.63, 3.8) is 0 Å². The maximum Gasteiger partial charge on any atom is 0.106 e. The number of aliphatic hydroxyl groups excluding tert-OH is 6. The van der Waals surface area contributed by atoms with Crippen LogP contribution >= 0.6 is 0 Å². The van der Waals surface area contributed by atoms with E-state index in [0.717, 1.165) is 95.4 Å². The summed E-state index contributed by atoms with van der Waals surface area (Å²) in [5, 5.41) is 54.7. The SMILES string of the molecule is CC(C)C(O)CC(O)C(C)C.CC(C)C(O)CC(O)C(C)C.CC(O)CC(C)O.Cc1[c-]c(-c2cc(-c3c(C)cccc3C)ncn2)cc(C)c1.Cc1[c-]c(-c2ncnc(-c3cc(C)cc(C)c3)c2-c2ccccc2)cc(C)c1.Cc1[c-]c(-c2ncnc(-c3cc(C)cc(C)c3)c2C)cc(C)c1.[Ir].[Ir].[Ir]. The number of benzene rings is 7. The summed E-state index contributed by atoms with van der Waals surface area (Å²) in [6.07, 6.45) is 4.20. The fraction of sp³-hybridized carbons (Fsp3) is 0.400. The largest absolute Gasteiger partial charge is 0.393 e. The first-order chi connectivity index (χ1) is 48.0. The first-order valence-electron chi connectivity index (χ1n) is 35.9. The van der Waals surface area contributed by atoms with Crippen molar-refractivity contribution in [3.8, 4) is 78.7 Å². The Hall–Kier alpha value is -6.51. The van der Waals surface area contributed by atoms with Crippen LogP contribution in [0.4, 0.5) is 0 Å². The quantitative estimate of drug-likeness (QED) is 0.0472. The Kier molecular flexibility index (Phi) is 41.4. The molecule has 3 heterocycles. The fourth-order valence-corrected chi connectivity index (χ4v) is 11.9. The van der Waals surface area contributed by atoms with Gasteiger partial charge in [0.05, 0.1) is 53.7 Å². The molecule has 6 N–H and O–H groups in total. The molecule has 6 atom stereocenters. The normalized spacial score (nSPS) is 12.4. The summed E-state index contributed by atoms with van der Waals surface area (Å²) in [6, 6.07) is 54.9. The van der Waals surface area contributed by atoms with E-state index in [9.17, 15) is 20.4 Å². The van der Waals surface area contributed by atoms with Gasteiger partial charge in [0.25, 0.3) is 0 Å². The first kappa shape index (κ1) is 94.6. The maximum absolute atomic E-state index is 9.39. The Labute approximate surface area is 670 Å². The summed E-state index contributed by atoms with van der Waals surface area (Å²) < 4.78 is 0. The van der Waals surface area contributed by atoms with Gasteiger partial charge in [0.1, 0.15) is 19.0 Å². The van der Waals surface area contributed by atoms with Gasteiger partial charge in [-0.15, -0.1) is 105 Å². The molecule has 0 amide bonds. The van der Waals surface area contributed by atoms with Crippen LogP contribution < -0.4 is 0 Å². The summed E-state index contributed by atoms with van der Waals surface area (Å²) in [5.41, 5.74) is 29.9. The van der Waals surface area contributed by atoms with E-state index in [-0.39, 0.29) is 121 Å². The predicted octanol–water partition coefficient (Wildman–Crippen LogP) is 19.5. The summed E-state index contributed by atoms with van der Waals surface area (Å²) in [5.74, 6) is 0.957. The zero-order chi connectivity index (χ0) is 75.8. The number of rotatable bonds is 17. The molecule has 571 valence electrons. The summed E-state index contributed by atoms with van der Waals surface area (Å²) in [7, 11) is 0. The third-order valence-electron chi connectivity index (χ3n) is 17.3. The van der Waals surface area contributed by atoms with Crippen LogP contribution in [-0.2, 0) is 60.3 Å². The van der Waals surface area contributed by atoms with Gasteiger partial charge in [0.15, 0.2) is 0 Å². The van der Waals surface area contributed by atoms with Crippen LogP contribution in [-0.4, -0.2) is 97.2 Å². The smallest absolute Gasteiger partial charge is 0.106 e. The molecule has 0 bridgehead atoms. The number of hydrogen-bond acceptors (Lipinski definition) is 12. The molecule has 0 aliphatic carbocycles. The van der Waals surface area contributed by atoms with E-state index in [2.05, 4.69) is 249 Å².